The topological polar surface area (TPSA) is 106 Å². The maximum absolute atomic E-state index is 13.0. The van der Waals surface area contributed by atoms with Crippen LogP contribution in [-0.4, -0.2) is 54.0 Å². The minimum Gasteiger partial charge on any atom is -0.345 e. The smallest absolute Gasteiger partial charge is 0.271 e. The average molecular weight is 428 g/mol. The number of amides is 1. The average Bonchev–Trinajstić information content (AvgIpc) is 3.04. The van der Waals surface area contributed by atoms with Crippen LogP contribution in [0.5, 0.6) is 0 Å². The van der Waals surface area contributed by atoms with E-state index in [9.17, 15) is 14.9 Å². The third-order valence-electron chi connectivity index (χ3n) is 5.32. The molecule has 3 aromatic rings. The van der Waals surface area contributed by atoms with Crippen LogP contribution in [0.25, 0.3) is 10.2 Å². The predicted octanol–water partition coefficient (Wildman–Crippen LogP) is 1.80. The number of thiophene rings is 1. The normalized spacial score (nSPS) is 14.8. The molecular formula is C20H23N6O3S+. The van der Waals surface area contributed by atoms with Crippen molar-refractivity contribution in [3.8, 4) is 0 Å². The van der Waals surface area contributed by atoms with E-state index in [1.54, 1.807) is 12.1 Å². The number of carbonyl (C=O) groups is 1. The molecule has 3 heterocycles. The Labute approximate surface area is 177 Å². The highest BCUT2D eigenvalue weighted by Crippen LogP contribution is 2.36. The van der Waals surface area contributed by atoms with Crippen molar-refractivity contribution in [3.63, 3.8) is 0 Å². The Hall–Kier alpha value is -3.11. The quantitative estimate of drug-likeness (QED) is 0.486. The van der Waals surface area contributed by atoms with Gasteiger partial charge in [0, 0.05) is 17.8 Å². The Morgan fingerprint density at radius 3 is 2.70 bits per heavy atom. The van der Waals surface area contributed by atoms with E-state index in [0.29, 0.717) is 16.4 Å². The number of rotatable bonds is 4. The largest absolute Gasteiger partial charge is 0.345 e. The lowest BCUT2D eigenvalue weighted by Gasteiger charge is -2.31. The fourth-order valence-electron chi connectivity index (χ4n) is 3.65. The van der Waals surface area contributed by atoms with E-state index in [1.165, 1.54) is 28.4 Å². The second-order valence-electron chi connectivity index (χ2n) is 7.54. The molecule has 0 bridgehead atoms. The number of nitro groups is 1. The van der Waals surface area contributed by atoms with E-state index < -0.39 is 4.92 Å². The number of non-ortho nitro benzene ring substituents is 1. The molecule has 9 nitrogen and oxygen atoms in total. The SMILES string of the molecule is Cc1nc(N2CC[NH+](C)CC2)c2c(C)c(C(=O)Nc3cccc([N+](=O)[O-])c3)sc2n1. The minimum absolute atomic E-state index is 0.0677. The summed E-state index contributed by atoms with van der Waals surface area (Å²) in [6, 6.07) is 5.93. The van der Waals surface area contributed by atoms with Gasteiger partial charge in [0.15, 0.2) is 0 Å². The van der Waals surface area contributed by atoms with Crippen LogP contribution in [0.4, 0.5) is 17.2 Å². The fraction of sp³-hybridized carbons (Fsp3) is 0.350. The summed E-state index contributed by atoms with van der Waals surface area (Å²) in [5, 5.41) is 14.7. The maximum Gasteiger partial charge on any atom is 0.271 e. The Morgan fingerprint density at radius 1 is 1.27 bits per heavy atom. The number of nitrogens with one attached hydrogen (secondary N) is 2. The molecule has 2 aromatic heterocycles. The van der Waals surface area contributed by atoms with Gasteiger partial charge < -0.3 is 15.1 Å². The number of anilines is 2. The summed E-state index contributed by atoms with van der Waals surface area (Å²) in [6.45, 7) is 7.65. The van der Waals surface area contributed by atoms with Crippen LogP contribution in [0.2, 0.25) is 0 Å². The van der Waals surface area contributed by atoms with Gasteiger partial charge in [0.1, 0.15) is 16.5 Å². The van der Waals surface area contributed by atoms with Crippen LogP contribution in [0.15, 0.2) is 24.3 Å². The van der Waals surface area contributed by atoms with Crippen LogP contribution >= 0.6 is 11.3 Å². The van der Waals surface area contributed by atoms with Gasteiger partial charge in [0.25, 0.3) is 11.6 Å². The van der Waals surface area contributed by atoms with Gasteiger partial charge in [-0.1, -0.05) is 6.07 Å². The lowest BCUT2D eigenvalue weighted by molar-refractivity contribution is -0.880. The third kappa shape index (κ3) is 3.83. The van der Waals surface area contributed by atoms with E-state index in [0.717, 1.165) is 47.8 Å². The van der Waals surface area contributed by atoms with Crippen LogP contribution in [0.3, 0.4) is 0 Å². The molecule has 1 saturated heterocycles. The van der Waals surface area contributed by atoms with Crippen molar-refractivity contribution in [2.45, 2.75) is 13.8 Å². The molecule has 156 valence electrons. The number of likely N-dealkylation sites (N-methyl/N-ethyl adjacent to an activating group) is 1. The molecule has 10 heteroatoms. The van der Waals surface area contributed by atoms with Crippen LogP contribution in [-0.2, 0) is 0 Å². The summed E-state index contributed by atoms with van der Waals surface area (Å²) >= 11 is 1.33. The number of hydrogen-bond acceptors (Lipinski definition) is 7. The zero-order chi connectivity index (χ0) is 21.4. The van der Waals surface area contributed by atoms with Crippen molar-refractivity contribution in [1.29, 1.82) is 0 Å². The predicted molar refractivity (Wildman–Crippen MR) is 117 cm³/mol. The Bertz CT molecular complexity index is 1140. The van der Waals surface area contributed by atoms with Gasteiger partial charge in [-0.2, -0.15) is 0 Å². The summed E-state index contributed by atoms with van der Waals surface area (Å²) < 4.78 is 0. The molecule has 1 aromatic carbocycles. The highest BCUT2D eigenvalue weighted by Gasteiger charge is 2.25. The molecular weight excluding hydrogens is 404 g/mol. The number of carbonyl (C=O) groups excluding carboxylic acids is 1. The summed E-state index contributed by atoms with van der Waals surface area (Å²) in [5.74, 6) is 1.26. The van der Waals surface area contributed by atoms with Crippen molar-refractivity contribution in [1.82, 2.24) is 9.97 Å². The number of fused-ring (bicyclic) bond motifs is 1. The van der Waals surface area contributed by atoms with E-state index in [1.807, 2.05) is 13.8 Å². The maximum atomic E-state index is 13.0. The summed E-state index contributed by atoms with van der Waals surface area (Å²) in [6.07, 6.45) is 0. The van der Waals surface area contributed by atoms with E-state index in [-0.39, 0.29) is 11.6 Å². The first kappa shape index (κ1) is 20.2. The molecule has 1 amide bonds. The first-order valence-electron chi connectivity index (χ1n) is 9.73. The van der Waals surface area contributed by atoms with Crippen LogP contribution in [0.1, 0.15) is 21.1 Å². The fourth-order valence-corrected chi connectivity index (χ4v) is 4.77. The van der Waals surface area contributed by atoms with E-state index in [2.05, 4.69) is 22.2 Å². The van der Waals surface area contributed by atoms with Crippen LogP contribution < -0.4 is 15.1 Å². The molecule has 0 unspecified atom stereocenters. The summed E-state index contributed by atoms with van der Waals surface area (Å²) in [4.78, 5) is 37.8. The van der Waals surface area contributed by atoms with Gasteiger partial charge in [-0.3, -0.25) is 14.9 Å². The molecule has 0 radical (unpaired) electrons. The van der Waals surface area contributed by atoms with Crippen molar-refractivity contribution in [3.05, 3.63) is 50.6 Å². The zero-order valence-electron chi connectivity index (χ0n) is 17.1. The number of piperazine rings is 1. The number of nitro benzene ring substituents is 1. The number of aromatic nitrogens is 2. The molecule has 0 spiro atoms. The number of nitrogens with zero attached hydrogens (tertiary/aromatic N) is 4. The highest BCUT2D eigenvalue weighted by atomic mass is 32.1. The summed E-state index contributed by atoms with van der Waals surface area (Å²) in [5.41, 5.74) is 1.15. The molecule has 0 aliphatic carbocycles. The standard InChI is InChI=1S/C20H22N6O3S/c1-12-16-18(25-9-7-24(3)8-10-25)21-13(2)22-20(16)30-17(12)19(27)23-14-5-4-6-15(11-14)26(28)29/h4-6,11H,7-10H2,1-3H3,(H,23,27)/p+1. The number of quaternary nitrogens is 1. The summed E-state index contributed by atoms with van der Waals surface area (Å²) in [7, 11) is 2.18. The molecule has 1 aliphatic rings. The highest BCUT2D eigenvalue weighted by molar-refractivity contribution is 7.20. The van der Waals surface area contributed by atoms with E-state index in [4.69, 9.17) is 4.98 Å². The number of benzene rings is 1. The molecule has 1 fully saturated rings. The molecule has 0 atom stereocenters. The van der Waals surface area contributed by atoms with Crippen molar-refractivity contribution in [2.75, 3.05) is 43.4 Å². The monoisotopic (exact) mass is 427 g/mol. The second kappa shape index (κ2) is 7.96. The first-order valence-corrected chi connectivity index (χ1v) is 10.5. The Balaban J connectivity index is 1.69. The molecule has 2 N–H and O–H groups in total. The molecule has 30 heavy (non-hydrogen) atoms. The zero-order valence-corrected chi connectivity index (χ0v) is 17.9. The molecule has 1 aliphatic heterocycles. The van der Waals surface area contributed by atoms with Crippen molar-refractivity contribution in [2.24, 2.45) is 0 Å². The lowest BCUT2D eigenvalue weighted by Crippen LogP contribution is -3.12. The van der Waals surface area contributed by atoms with E-state index >= 15 is 0 Å². The van der Waals surface area contributed by atoms with Gasteiger partial charge in [0.2, 0.25) is 0 Å². The minimum atomic E-state index is -0.483. The third-order valence-corrected chi connectivity index (χ3v) is 6.50. The molecule has 4 rings (SSSR count). The number of aryl methyl sites for hydroxylation is 2. The first-order chi connectivity index (χ1) is 14.3. The van der Waals surface area contributed by atoms with Crippen molar-refractivity contribution < 1.29 is 14.6 Å². The van der Waals surface area contributed by atoms with Crippen LogP contribution in [0, 0.1) is 24.0 Å². The molecule has 0 saturated carbocycles. The lowest BCUT2D eigenvalue weighted by atomic mass is 10.1. The van der Waals surface area contributed by atoms with Crippen molar-refractivity contribution >= 4 is 44.7 Å². The van der Waals surface area contributed by atoms with Gasteiger partial charge in [0.05, 0.1) is 48.4 Å². The Morgan fingerprint density at radius 2 is 2.00 bits per heavy atom. The van der Waals surface area contributed by atoms with Gasteiger partial charge >= 0.3 is 0 Å². The van der Waals surface area contributed by atoms with Gasteiger partial charge in [-0.15, -0.1) is 11.3 Å². The number of hydrogen-bond donors (Lipinski definition) is 2. The Kier molecular flexibility index (Phi) is 5.35. The second-order valence-corrected chi connectivity index (χ2v) is 8.54. The van der Waals surface area contributed by atoms with Gasteiger partial charge in [-0.05, 0) is 25.5 Å². The van der Waals surface area contributed by atoms with Gasteiger partial charge in [-0.25, -0.2) is 9.97 Å².